The predicted octanol–water partition coefficient (Wildman–Crippen LogP) is 2.02. The fourth-order valence-corrected chi connectivity index (χ4v) is 2.30. The third-order valence-electron chi connectivity index (χ3n) is 3.14. The first kappa shape index (κ1) is 10.2. The van der Waals surface area contributed by atoms with Crippen molar-refractivity contribution < 1.29 is 4.79 Å². The van der Waals surface area contributed by atoms with Gasteiger partial charge in [0.15, 0.2) is 5.78 Å². The SMILES string of the molecule is CC(=O)c1nc2n(n1)C(c1ccccc1)CC2. The number of aromatic nitrogens is 3. The van der Waals surface area contributed by atoms with Gasteiger partial charge < -0.3 is 0 Å². The zero-order chi connectivity index (χ0) is 11.8. The molecular weight excluding hydrogens is 214 g/mol. The second-order valence-corrected chi connectivity index (χ2v) is 4.32. The number of hydrogen-bond acceptors (Lipinski definition) is 3. The molecule has 0 radical (unpaired) electrons. The first-order valence-corrected chi connectivity index (χ1v) is 5.77. The number of aryl methyl sites for hydroxylation is 1. The maximum absolute atomic E-state index is 11.3. The molecule has 0 aliphatic carbocycles. The Labute approximate surface area is 99.3 Å². The molecular formula is C13H13N3O. The van der Waals surface area contributed by atoms with E-state index in [9.17, 15) is 4.79 Å². The molecule has 1 atom stereocenters. The highest BCUT2D eigenvalue weighted by molar-refractivity contribution is 5.90. The van der Waals surface area contributed by atoms with E-state index in [2.05, 4.69) is 22.2 Å². The van der Waals surface area contributed by atoms with Crippen molar-refractivity contribution in [2.45, 2.75) is 25.8 Å². The van der Waals surface area contributed by atoms with Crippen LogP contribution in [0.1, 0.15) is 41.4 Å². The summed E-state index contributed by atoms with van der Waals surface area (Å²) in [7, 11) is 0. The topological polar surface area (TPSA) is 47.8 Å². The zero-order valence-electron chi connectivity index (χ0n) is 9.63. The average Bonchev–Trinajstić information content (AvgIpc) is 2.89. The predicted molar refractivity (Wildman–Crippen MR) is 62.9 cm³/mol. The molecule has 17 heavy (non-hydrogen) atoms. The van der Waals surface area contributed by atoms with Crippen molar-refractivity contribution in [3.05, 3.63) is 47.5 Å². The Hall–Kier alpha value is -1.97. The molecule has 0 N–H and O–H groups in total. The highest BCUT2D eigenvalue weighted by Gasteiger charge is 2.27. The standard InChI is InChI=1S/C13H13N3O/c1-9(17)13-14-12-8-7-11(16(12)15-13)10-5-3-2-4-6-10/h2-6,11H,7-8H2,1H3. The van der Waals surface area contributed by atoms with E-state index in [1.54, 1.807) is 0 Å². The van der Waals surface area contributed by atoms with Crippen LogP contribution in [0.3, 0.4) is 0 Å². The maximum Gasteiger partial charge on any atom is 0.217 e. The number of fused-ring (bicyclic) bond motifs is 1. The fourth-order valence-electron chi connectivity index (χ4n) is 2.30. The monoisotopic (exact) mass is 227 g/mol. The van der Waals surface area contributed by atoms with Gasteiger partial charge >= 0.3 is 0 Å². The lowest BCUT2D eigenvalue weighted by Gasteiger charge is -2.11. The number of rotatable bonds is 2. The van der Waals surface area contributed by atoms with E-state index in [1.165, 1.54) is 12.5 Å². The summed E-state index contributed by atoms with van der Waals surface area (Å²) in [6, 6.07) is 10.5. The minimum absolute atomic E-state index is 0.0706. The van der Waals surface area contributed by atoms with Crippen molar-refractivity contribution in [2.75, 3.05) is 0 Å². The van der Waals surface area contributed by atoms with Crippen LogP contribution in [-0.2, 0) is 6.42 Å². The Balaban J connectivity index is 2.01. The zero-order valence-corrected chi connectivity index (χ0v) is 9.63. The van der Waals surface area contributed by atoms with Crippen molar-refractivity contribution in [3.63, 3.8) is 0 Å². The van der Waals surface area contributed by atoms with Gasteiger partial charge in [0.25, 0.3) is 0 Å². The lowest BCUT2D eigenvalue weighted by molar-refractivity contribution is 0.100. The molecule has 2 heterocycles. The van der Waals surface area contributed by atoms with Gasteiger partial charge in [-0.3, -0.25) is 4.79 Å². The number of hydrogen-bond donors (Lipinski definition) is 0. The van der Waals surface area contributed by atoms with Crippen LogP contribution in [0.25, 0.3) is 0 Å². The van der Waals surface area contributed by atoms with Gasteiger partial charge in [-0.2, -0.15) is 0 Å². The van der Waals surface area contributed by atoms with E-state index in [0.29, 0.717) is 5.82 Å². The van der Waals surface area contributed by atoms with E-state index in [-0.39, 0.29) is 11.8 Å². The summed E-state index contributed by atoms with van der Waals surface area (Å²) in [5.74, 6) is 1.18. The molecule has 1 aliphatic rings. The minimum Gasteiger partial charge on any atom is -0.291 e. The fraction of sp³-hybridized carbons (Fsp3) is 0.308. The van der Waals surface area contributed by atoms with E-state index in [1.807, 2.05) is 22.9 Å². The highest BCUT2D eigenvalue weighted by atomic mass is 16.1. The minimum atomic E-state index is -0.0706. The number of benzene rings is 1. The number of carbonyl (C=O) groups excluding carboxylic acids is 1. The summed E-state index contributed by atoms with van der Waals surface area (Å²) in [4.78, 5) is 15.5. The quantitative estimate of drug-likeness (QED) is 0.737. The Bertz CT molecular complexity index is 559. The first-order valence-electron chi connectivity index (χ1n) is 5.77. The van der Waals surface area contributed by atoms with Gasteiger partial charge in [0, 0.05) is 13.3 Å². The van der Waals surface area contributed by atoms with Crippen LogP contribution >= 0.6 is 0 Å². The third kappa shape index (κ3) is 1.65. The summed E-state index contributed by atoms with van der Waals surface area (Å²) in [5.41, 5.74) is 1.23. The Morgan fingerprint density at radius 2 is 2.12 bits per heavy atom. The maximum atomic E-state index is 11.3. The summed E-state index contributed by atoms with van der Waals surface area (Å²) in [6.07, 6.45) is 1.90. The molecule has 0 fully saturated rings. The summed E-state index contributed by atoms with van der Waals surface area (Å²) < 4.78 is 1.89. The van der Waals surface area contributed by atoms with Crippen molar-refractivity contribution >= 4 is 5.78 Å². The van der Waals surface area contributed by atoms with Gasteiger partial charge in [-0.15, -0.1) is 5.10 Å². The summed E-state index contributed by atoms with van der Waals surface area (Å²) in [5, 5.41) is 4.30. The van der Waals surface area contributed by atoms with E-state index < -0.39 is 0 Å². The Morgan fingerprint density at radius 1 is 1.35 bits per heavy atom. The summed E-state index contributed by atoms with van der Waals surface area (Å²) in [6.45, 7) is 1.50. The van der Waals surface area contributed by atoms with Crippen molar-refractivity contribution in [2.24, 2.45) is 0 Å². The largest absolute Gasteiger partial charge is 0.291 e. The van der Waals surface area contributed by atoms with E-state index in [0.717, 1.165) is 18.7 Å². The van der Waals surface area contributed by atoms with Crippen LogP contribution in [0.5, 0.6) is 0 Å². The Kier molecular flexibility index (Phi) is 2.28. The number of Topliss-reactive ketones (excluding diaryl/α,β-unsaturated/α-hetero) is 1. The smallest absolute Gasteiger partial charge is 0.217 e. The molecule has 1 aliphatic heterocycles. The molecule has 4 heteroatoms. The van der Waals surface area contributed by atoms with Gasteiger partial charge in [0.05, 0.1) is 6.04 Å². The highest BCUT2D eigenvalue weighted by Crippen LogP contribution is 2.29. The van der Waals surface area contributed by atoms with Crippen molar-refractivity contribution in [1.29, 1.82) is 0 Å². The second-order valence-electron chi connectivity index (χ2n) is 4.32. The van der Waals surface area contributed by atoms with E-state index in [4.69, 9.17) is 0 Å². The molecule has 0 saturated heterocycles. The number of ketones is 1. The van der Waals surface area contributed by atoms with Gasteiger partial charge in [0.1, 0.15) is 5.82 Å². The van der Waals surface area contributed by atoms with Crippen molar-refractivity contribution in [1.82, 2.24) is 14.8 Å². The average molecular weight is 227 g/mol. The van der Waals surface area contributed by atoms with Crippen LogP contribution in [0.15, 0.2) is 30.3 Å². The van der Waals surface area contributed by atoms with Crippen LogP contribution in [0, 0.1) is 0 Å². The molecule has 1 aromatic carbocycles. The van der Waals surface area contributed by atoms with Gasteiger partial charge in [-0.1, -0.05) is 30.3 Å². The lowest BCUT2D eigenvalue weighted by atomic mass is 10.1. The molecule has 86 valence electrons. The molecule has 1 aromatic heterocycles. The molecule has 0 spiro atoms. The molecule has 0 saturated carbocycles. The lowest BCUT2D eigenvalue weighted by Crippen LogP contribution is -2.08. The molecule has 2 aromatic rings. The Morgan fingerprint density at radius 3 is 2.82 bits per heavy atom. The molecule has 4 nitrogen and oxygen atoms in total. The van der Waals surface area contributed by atoms with E-state index >= 15 is 0 Å². The summed E-state index contributed by atoms with van der Waals surface area (Å²) >= 11 is 0. The molecule has 3 rings (SSSR count). The molecule has 1 unspecified atom stereocenters. The van der Waals surface area contributed by atoms with Crippen LogP contribution in [-0.4, -0.2) is 20.5 Å². The number of nitrogens with zero attached hydrogens (tertiary/aromatic N) is 3. The van der Waals surface area contributed by atoms with Gasteiger partial charge in [-0.25, -0.2) is 9.67 Å². The van der Waals surface area contributed by atoms with Gasteiger partial charge in [0.2, 0.25) is 5.82 Å². The van der Waals surface area contributed by atoms with Gasteiger partial charge in [-0.05, 0) is 12.0 Å². The molecule has 0 bridgehead atoms. The third-order valence-corrected chi connectivity index (χ3v) is 3.14. The van der Waals surface area contributed by atoms with Crippen LogP contribution in [0.2, 0.25) is 0 Å². The van der Waals surface area contributed by atoms with Crippen LogP contribution in [0.4, 0.5) is 0 Å². The second kappa shape index (κ2) is 3.80. The number of carbonyl (C=O) groups is 1. The normalized spacial score (nSPS) is 18.1. The van der Waals surface area contributed by atoms with Crippen molar-refractivity contribution in [3.8, 4) is 0 Å². The van der Waals surface area contributed by atoms with Crippen LogP contribution < -0.4 is 0 Å². The first-order chi connectivity index (χ1) is 8.25. The molecule has 0 amide bonds.